The van der Waals surface area contributed by atoms with Gasteiger partial charge in [0.1, 0.15) is 10.8 Å². The van der Waals surface area contributed by atoms with Gasteiger partial charge in [-0.1, -0.05) is 30.0 Å². The van der Waals surface area contributed by atoms with Crippen molar-refractivity contribution in [1.82, 2.24) is 29.8 Å². The Bertz CT molecular complexity index is 805. The number of thioether (sulfide) groups is 1. The second kappa shape index (κ2) is 5.33. The van der Waals surface area contributed by atoms with E-state index in [1.54, 1.807) is 0 Å². The lowest BCUT2D eigenvalue weighted by atomic mass is 10.4. The van der Waals surface area contributed by atoms with Crippen molar-refractivity contribution < 1.29 is 0 Å². The Balaban J connectivity index is 1.82. The predicted octanol–water partition coefficient (Wildman–Crippen LogP) is 1.43. The topological polar surface area (TPSA) is 88.8 Å². The number of fused-ring (bicyclic) bond motifs is 1. The van der Waals surface area contributed by atoms with Gasteiger partial charge in [0.05, 0.1) is 5.69 Å². The fourth-order valence-corrected chi connectivity index (χ4v) is 3.14. The number of H-pyrrole nitrogens is 1. The molecule has 0 bridgehead atoms. The third kappa shape index (κ3) is 2.59. The van der Waals surface area contributed by atoms with E-state index >= 15 is 0 Å². The first-order chi connectivity index (χ1) is 9.65. The van der Waals surface area contributed by atoms with Crippen LogP contribution >= 0.6 is 23.1 Å². The van der Waals surface area contributed by atoms with E-state index in [0.29, 0.717) is 21.6 Å². The highest BCUT2D eigenvalue weighted by Crippen LogP contribution is 2.18. The second-order valence-electron chi connectivity index (χ2n) is 4.11. The summed E-state index contributed by atoms with van der Waals surface area (Å²) in [5.41, 5.74) is 0.561. The smallest absolute Gasteiger partial charge is 0.267 e. The second-order valence-corrected chi connectivity index (χ2v) is 6.21. The van der Waals surface area contributed by atoms with Gasteiger partial charge in [-0.2, -0.15) is 9.61 Å². The molecule has 0 spiro atoms. The quantitative estimate of drug-likeness (QED) is 0.734. The number of aryl methyl sites for hydroxylation is 2. The molecule has 3 aromatic heterocycles. The molecule has 0 saturated heterocycles. The molecule has 1 N–H and O–H groups in total. The first-order valence-electron chi connectivity index (χ1n) is 6.06. The van der Waals surface area contributed by atoms with Crippen LogP contribution in [-0.4, -0.2) is 29.8 Å². The minimum absolute atomic E-state index is 0.154. The Labute approximate surface area is 122 Å². The van der Waals surface area contributed by atoms with Crippen LogP contribution in [0.4, 0.5) is 0 Å². The van der Waals surface area contributed by atoms with E-state index in [1.807, 2.05) is 13.8 Å². The Hall–Kier alpha value is -1.74. The summed E-state index contributed by atoms with van der Waals surface area (Å²) in [6, 6.07) is 1.51. The van der Waals surface area contributed by atoms with Gasteiger partial charge in [0.2, 0.25) is 10.1 Å². The Kier molecular flexibility index (Phi) is 3.53. The van der Waals surface area contributed by atoms with E-state index < -0.39 is 0 Å². The number of aromatic amines is 1. The summed E-state index contributed by atoms with van der Waals surface area (Å²) in [7, 11) is 0. The molecule has 20 heavy (non-hydrogen) atoms. The SMILES string of the molecule is CCc1nc(SCc2cc(=O)n3nc(C)sc3n2)n[nH]1. The van der Waals surface area contributed by atoms with Crippen molar-refractivity contribution in [2.75, 3.05) is 0 Å². The van der Waals surface area contributed by atoms with Crippen LogP contribution in [0.15, 0.2) is 16.0 Å². The van der Waals surface area contributed by atoms with Crippen LogP contribution in [0, 0.1) is 6.92 Å². The van der Waals surface area contributed by atoms with E-state index in [1.165, 1.54) is 33.7 Å². The summed E-state index contributed by atoms with van der Waals surface area (Å²) in [5, 5.41) is 12.6. The van der Waals surface area contributed by atoms with Crippen LogP contribution < -0.4 is 5.56 Å². The zero-order valence-corrected chi connectivity index (χ0v) is 12.6. The van der Waals surface area contributed by atoms with Crippen molar-refractivity contribution in [2.45, 2.75) is 31.2 Å². The number of hydrogen-bond donors (Lipinski definition) is 1. The van der Waals surface area contributed by atoms with Gasteiger partial charge in [-0.05, 0) is 6.92 Å². The van der Waals surface area contributed by atoms with E-state index in [4.69, 9.17) is 0 Å². The summed E-state index contributed by atoms with van der Waals surface area (Å²) in [6.45, 7) is 3.87. The molecule has 0 aromatic carbocycles. The molecule has 7 nitrogen and oxygen atoms in total. The van der Waals surface area contributed by atoms with Crippen LogP contribution in [-0.2, 0) is 12.2 Å². The van der Waals surface area contributed by atoms with Crippen LogP contribution in [0.2, 0.25) is 0 Å². The molecule has 0 unspecified atom stereocenters. The minimum Gasteiger partial charge on any atom is -0.267 e. The zero-order valence-electron chi connectivity index (χ0n) is 11.0. The van der Waals surface area contributed by atoms with Crippen LogP contribution in [0.5, 0.6) is 0 Å². The van der Waals surface area contributed by atoms with Gasteiger partial charge < -0.3 is 0 Å². The third-order valence-corrected chi connectivity index (χ3v) is 4.30. The lowest BCUT2D eigenvalue weighted by Crippen LogP contribution is -2.15. The number of aromatic nitrogens is 6. The summed E-state index contributed by atoms with van der Waals surface area (Å²) in [5.74, 6) is 1.41. The Morgan fingerprint density at radius 2 is 2.30 bits per heavy atom. The standard InChI is InChI=1S/C11H12N6OS2/c1-3-8-13-10(15-14-8)19-5-7-4-9(18)17-11(12-7)20-6(2)16-17/h4H,3,5H2,1-2H3,(H,13,14,15). The Morgan fingerprint density at radius 3 is 3.05 bits per heavy atom. The predicted molar refractivity (Wildman–Crippen MR) is 77.2 cm³/mol. The maximum absolute atomic E-state index is 11.9. The first-order valence-corrected chi connectivity index (χ1v) is 7.86. The highest BCUT2D eigenvalue weighted by Gasteiger charge is 2.08. The summed E-state index contributed by atoms with van der Waals surface area (Å²) in [6.07, 6.45) is 0.819. The molecule has 0 atom stereocenters. The molecule has 9 heteroatoms. The van der Waals surface area contributed by atoms with E-state index in [-0.39, 0.29) is 5.56 Å². The summed E-state index contributed by atoms with van der Waals surface area (Å²) < 4.78 is 1.33. The molecule has 0 amide bonds. The van der Waals surface area contributed by atoms with Crippen molar-refractivity contribution in [2.24, 2.45) is 0 Å². The fourth-order valence-electron chi connectivity index (χ4n) is 1.66. The molecule has 3 heterocycles. The largest absolute Gasteiger partial charge is 0.275 e. The van der Waals surface area contributed by atoms with Gasteiger partial charge in [0.25, 0.3) is 5.56 Å². The van der Waals surface area contributed by atoms with Crippen LogP contribution in [0.25, 0.3) is 4.96 Å². The van der Waals surface area contributed by atoms with Crippen molar-refractivity contribution in [3.63, 3.8) is 0 Å². The molecule has 0 fully saturated rings. The molecule has 0 aliphatic carbocycles. The maximum Gasteiger partial charge on any atom is 0.275 e. The summed E-state index contributed by atoms with van der Waals surface area (Å²) >= 11 is 2.86. The van der Waals surface area contributed by atoms with Crippen molar-refractivity contribution in [3.8, 4) is 0 Å². The van der Waals surface area contributed by atoms with E-state index in [9.17, 15) is 4.79 Å². The number of hydrogen-bond acceptors (Lipinski definition) is 7. The molecule has 3 rings (SSSR count). The monoisotopic (exact) mass is 308 g/mol. The molecule has 0 aliphatic heterocycles. The maximum atomic E-state index is 11.9. The van der Waals surface area contributed by atoms with E-state index in [2.05, 4.69) is 25.3 Å². The zero-order chi connectivity index (χ0) is 14.1. The average Bonchev–Trinajstić information content (AvgIpc) is 3.02. The molecular formula is C11H12N6OS2. The molecule has 0 aliphatic rings. The molecule has 0 saturated carbocycles. The normalized spacial score (nSPS) is 11.3. The highest BCUT2D eigenvalue weighted by molar-refractivity contribution is 7.98. The third-order valence-electron chi connectivity index (χ3n) is 2.59. The molecule has 3 aromatic rings. The number of nitrogens with zero attached hydrogens (tertiary/aromatic N) is 5. The lowest BCUT2D eigenvalue weighted by molar-refractivity contribution is 0.871. The van der Waals surface area contributed by atoms with Crippen LogP contribution in [0.3, 0.4) is 0 Å². The van der Waals surface area contributed by atoms with Gasteiger partial charge in [-0.3, -0.25) is 9.89 Å². The number of nitrogens with one attached hydrogen (secondary N) is 1. The van der Waals surface area contributed by atoms with Gasteiger partial charge in [0, 0.05) is 18.2 Å². The first kappa shape index (κ1) is 13.3. The van der Waals surface area contributed by atoms with Gasteiger partial charge in [-0.25, -0.2) is 9.97 Å². The highest BCUT2D eigenvalue weighted by atomic mass is 32.2. The van der Waals surface area contributed by atoms with E-state index in [0.717, 1.165) is 17.3 Å². The van der Waals surface area contributed by atoms with Crippen molar-refractivity contribution >= 4 is 28.1 Å². The minimum atomic E-state index is -0.154. The van der Waals surface area contributed by atoms with Crippen molar-refractivity contribution in [3.05, 3.63) is 32.9 Å². The van der Waals surface area contributed by atoms with Gasteiger partial charge in [-0.15, -0.1) is 5.10 Å². The Morgan fingerprint density at radius 1 is 1.45 bits per heavy atom. The lowest BCUT2D eigenvalue weighted by Gasteiger charge is -1.97. The number of rotatable bonds is 4. The van der Waals surface area contributed by atoms with Crippen molar-refractivity contribution in [1.29, 1.82) is 0 Å². The summed E-state index contributed by atoms with van der Waals surface area (Å²) in [4.78, 5) is 21.3. The average molecular weight is 308 g/mol. The molecular weight excluding hydrogens is 296 g/mol. The van der Waals surface area contributed by atoms with Gasteiger partial charge in [0.15, 0.2) is 0 Å². The fraction of sp³-hybridized carbons (Fsp3) is 0.364. The van der Waals surface area contributed by atoms with Gasteiger partial charge >= 0.3 is 0 Å². The van der Waals surface area contributed by atoms with Crippen LogP contribution in [0.1, 0.15) is 23.4 Å². The molecule has 104 valence electrons. The molecule has 0 radical (unpaired) electrons.